The lowest BCUT2D eigenvalue weighted by molar-refractivity contribution is -0.116. The number of para-hydroxylation sites is 1. The molecule has 0 radical (unpaired) electrons. The normalized spacial score (nSPS) is 12.9. The summed E-state index contributed by atoms with van der Waals surface area (Å²) in [6, 6.07) is 19.9. The number of thioether (sulfide) groups is 1. The maximum atomic E-state index is 13.3. The summed E-state index contributed by atoms with van der Waals surface area (Å²) in [6.07, 6.45) is 0.842. The van der Waals surface area contributed by atoms with Crippen molar-refractivity contribution in [1.82, 2.24) is 9.55 Å². The van der Waals surface area contributed by atoms with Crippen molar-refractivity contribution in [2.75, 3.05) is 17.2 Å². The van der Waals surface area contributed by atoms with E-state index in [-0.39, 0.29) is 17.2 Å². The Morgan fingerprint density at radius 1 is 1.00 bits per heavy atom. The van der Waals surface area contributed by atoms with Crippen LogP contribution in [-0.2, 0) is 11.2 Å². The minimum Gasteiger partial charge on any atom is -0.311 e. The van der Waals surface area contributed by atoms with Crippen molar-refractivity contribution in [2.45, 2.75) is 11.6 Å². The monoisotopic (exact) mass is 481 g/mol. The van der Waals surface area contributed by atoms with E-state index < -0.39 is 0 Å². The first-order valence-electron chi connectivity index (χ1n) is 10.0. The zero-order chi connectivity index (χ0) is 22.2. The van der Waals surface area contributed by atoms with Crippen molar-refractivity contribution in [1.29, 1.82) is 0 Å². The number of rotatable bonds is 4. The minimum atomic E-state index is -0.226. The van der Waals surface area contributed by atoms with E-state index in [9.17, 15) is 9.59 Å². The number of hydrogen-bond acceptors (Lipinski definition) is 4. The molecule has 4 aromatic rings. The highest BCUT2D eigenvalue weighted by molar-refractivity contribution is 7.99. The Bertz CT molecular complexity index is 1400. The largest absolute Gasteiger partial charge is 0.311 e. The predicted molar refractivity (Wildman–Crippen MR) is 131 cm³/mol. The van der Waals surface area contributed by atoms with E-state index in [1.54, 1.807) is 47.4 Å². The molecule has 1 amide bonds. The maximum absolute atomic E-state index is 13.3. The van der Waals surface area contributed by atoms with Crippen molar-refractivity contribution in [3.05, 3.63) is 92.7 Å². The molecule has 0 fully saturated rings. The van der Waals surface area contributed by atoms with Crippen LogP contribution in [0.4, 0.5) is 5.69 Å². The van der Waals surface area contributed by atoms with Crippen LogP contribution in [0.5, 0.6) is 0 Å². The topological polar surface area (TPSA) is 55.2 Å². The molecule has 160 valence electrons. The van der Waals surface area contributed by atoms with E-state index >= 15 is 0 Å². The number of nitrogens with zero attached hydrogens (tertiary/aromatic N) is 3. The first-order valence-corrected chi connectivity index (χ1v) is 11.7. The Hall–Kier alpha value is -2.80. The summed E-state index contributed by atoms with van der Waals surface area (Å²) in [6.45, 7) is 0.656. The van der Waals surface area contributed by atoms with Gasteiger partial charge in [0.2, 0.25) is 5.91 Å². The Kier molecular flexibility index (Phi) is 5.67. The van der Waals surface area contributed by atoms with Crippen molar-refractivity contribution in [2.24, 2.45) is 0 Å². The number of hydrogen-bond donors (Lipinski definition) is 0. The van der Waals surface area contributed by atoms with Gasteiger partial charge in [-0.25, -0.2) is 4.98 Å². The molecule has 5 rings (SSSR count). The highest BCUT2D eigenvalue weighted by Gasteiger charge is 2.25. The molecular weight excluding hydrogens is 465 g/mol. The van der Waals surface area contributed by atoms with E-state index in [2.05, 4.69) is 4.98 Å². The molecule has 0 saturated heterocycles. The van der Waals surface area contributed by atoms with E-state index in [0.717, 1.165) is 12.1 Å². The molecule has 0 atom stereocenters. The summed E-state index contributed by atoms with van der Waals surface area (Å²) in [4.78, 5) is 32.8. The lowest BCUT2D eigenvalue weighted by atomic mass is 10.2. The third kappa shape index (κ3) is 3.90. The fourth-order valence-electron chi connectivity index (χ4n) is 3.85. The molecule has 0 spiro atoms. The van der Waals surface area contributed by atoms with Crippen LogP contribution in [0.2, 0.25) is 10.0 Å². The molecule has 8 heteroatoms. The van der Waals surface area contributed by atoms with Gasteiger partial charge >= 0.3 is 0 Å². The number of amides is 1. The molecule has 0 unspecified atom stereocenters. The van der Waals surface area contributed by atoms with E-state index in [1.807, 2.05) is 24.3 Å². The molecule has 5 nitrogen and oxygen atoms in total. The van der Waals surface area contributed by atoms with Crippen molar-refractivity contribution in [3.8, 4) is 5.69 Å². The molecular formula is C24H17Cl2N3O2S. The number of halogens is 2. The molecule has 1 aliphatic rings. The van der Waals surface area contributed by atoms with Gasteiger partial charge in [-0.15, -0.1) is 0 Å². The SMILES string of the molecule is O=C(CSc1nc2cc(Cl)ccc2c(=O)n1-c1ccc(Cl)cc1)N1CCc2ccccc21. The molecule has 1 aliphatic heterocycles. The highest BCUT2D eigenvalue weighted by atomic mass is 35.5. The predicted octanol–water partition coefficient (Wildman–Crippen LogP) is 5.37. The van der Waals surface area contributed by atoms with Gasteiger partial charge < -0.3 is 4.90 Å². The van der Waals surface area contributed by atoms with Gasteiger partial charge in [-0.1, -0.05) is 53.2 Å². The van der Waals surface area contributed by atoms with Crippen LogP contribution >= 0.6 is 35.0 Å². The second-order valence-electron chi connectivity index (χ2n) is 7.39. The van der Waals surface area contributed by atoms with E-state index in [1.165, 1.54) is 21.9 Å². The summed E-state index contributed by atoms with van der Waals surface area (Å²) in [7, 11) is 0. The van der Waals surface area contributed by atoms with E-state index in [4.69, 9.17) is 23.2 Å². The molecule has 2 heterocycles. The number of benzene rings is 3. The lowest BCUT2D eigenvalue weighted by Gasteiger charge is -2.18. The second-order valence-corrected chi connectivity index (χ2v) is 9.20. The number of aromatic nitrogens is 2. The molecule has 0 saturated carbocycles. The van der Waals surface area contributed by atoms with Crippen LogP contribution in [0.3, 0.4) is 0 Å². The second kappa shape index (κ2) is 8.62. The van der Waals surface area contributed by atoms with Gasteiger partial charge in [-0.2, -0.15) is 0 Å². The molecule has 0 N–H and O–H groups in total. The van der Waals surface area contributed by atoms with Gasteiger partial charge in [0, 0.05) is 22.3 Å². The van der Waals surface area contributed by atoms with Crippen LogP contribution in [0.1, 0.15) is 5.56 Å². The quantitative estimate of drug-likeness (QED) is 0.290. The smallest absolute Gasteiger partial charge is 0.266 e. The number of fused-ring (bicyclic) bond motifs is 2. The third-order valence-electron chi connectivity index (χ3n) is 5.40. The van der Waals surface area contributed by atoms with Gasteiger partial charge in [0.05, 0.1) is 22.3 Å². The minimum absolute atomic E-state index is 0.0250. The Balaban J connectivity index is 1.52. The van der Waals surface area contributed by atoms with E-state index in [0.29, 0.717) is 38.3 Å². The maximum Gasteiger partial charge on any atom is 0.266 e. The van der Waals surface area contributed by atoms with Gasteiger partial charge in [0.1, 0.15) is 0 Å². The number of anilines is 1. The van der Waals surface area contributed by atoms with Crippen LogP contribution < -0.4 is 10.5 Å². The summed E-state index contributed by atoms with van der Waals surface area (Å²) >= 11 is 13.4. The molecule has 32 heavy (non-hydrogen) atoms. The van der Waals surface area contributed by atoms with Gasteiger partial charge in [-0.05, 0) is 60.5 Å². The summed E-state index contributed by atoms with van der Waals surface area (Å²) in [5, 5.41) is 1.94. The molecule has 0 bridgehead atoms. The fraction of sp³-hybridized carbons (Fsp3) is 0.125. The number of carbonyl (C=O) groups is 1. The van der Waals surface area contributed by atoms with Gasteiger partial charge in [-0.3, -0.25) is 14.2 Å². The molecule has 3 aromatic carbocycles. The zero-order valence-corrected chi connectivity index (χ0v) is 19.1. The Morgan fingerprint density at radius 2 is 1.75 bits per heavy atom. The van der Waals surface area contributed by atoms with Crippen molar-refractivity contribution < 1.29 is 4.79 Å². The average molecular weight is 482 g/mol. The van der Waals surface area contributed by atoms with Crippen LogP contribution in [0, 0.1) is 0 Å². The Morgan fingerprint density at radius 3 is 2.56 bits per heavy atom. The van der Waals surface area contributed by atoms with Gasteiger partial charge in [0.25, 0.3) is 5.56 Å². The Labute approximate surface area is 198 Å². The summed E-state index contributed by atoms with van der Waals surface area (Å²) < 4.78 is 1.52. The van der Waals surface area contributed by atoms with Crippen LogP contribution in [0.15, 0.2) is 76.7 Å². The first kappa shape index (κ1) is 21.1. The first-order chi connectivity index (χ1) is 15.5. The van der Waals surface area contributed by atoms with Crippen molar-refractivity contribution in [3.63, 3.8) is 0 Å². The highest BCUT2D eigenvalue weighted by Crippen LogP contribution is 2.29. The fourth-order valence-corrected chi connectivity index (χ4v) is 5.04. The standard InChI is InChI=1S/C24H17Cl2N3O2S/c25-16-5-8-18(9-6-16)29-23(31)19-10-7-17(26)13-20(19)27-24(29)32-14-22(30)28-12-11-15-3-1-2-4-21(15)28/h1-10,13H,11-12,14H2. The van der Waals surface area contributed by atoms with Gasteiger partial charge in [0.15, 0.2) is 5.16 Å². The number of carbonyl (C=O) groups excluding carboxylic acids is 1. The molecule has 1 aromatic heterocycles. The zero-order valence-electron chi connectivity index (χ0n) is 16.8. The summed E-state index contributed by atoms with van der Waals surface area (Å²) in [5.41, 5.74) is 3.02. The third-order valence-corrected chi connectivity index (χ3v) is 6.81. The van der Waals surface area contributed by atoms with Crippen LogP contribution in [-0.4, -0.2) is 27.8 Å². The van der Waals surface area contributed by atoms with Crippen LogP contribution in [0.25, 0.3) is 16.6 Å². The molecule has 0 aliphatic carbocycles. The summed E-state index contributed by atoms with van der Waals surface area (Å²) in [5.74, 6) is 0.128. The van der Waals surface area contributed by atoms with Crippen molar-refractivity contribution >= 4 is 57.5 Å². The lowest BCUT2D eigenvalue weighted by Crippen LogP contribution is -2.31. The average Bonchev–Trinajstić information content (AvgIpc) is 3.22.